The van der Waals surface area contributed by atoms with Crippen LogP contribution in [0, 0.1) is 0 Å². The van der Waals surface area contributed by atoms with Crippen LogP contribution in [-0.2, 0) is 19.4 Å². The van der Waals surface area contributed by atoms with Crippen LogP contribution in [0.25, 0.3) is 0 Å². The Hall–Kier alpha value is -0.580. The summed E-state index contributed by atoms with van der Waals surface area (Å²) in [5.41, 5.74) is 0.740. The molecule has 1 heterocycles. The van der Waals surface area contributed by atoms with Gasteiger partial charge in [0.15, 0.2) is 0 Å². The average Bonchev–Trinajstić information content (AvgIpc) is 2.65. The van der Waals surface area contributed by atoms with Crippen molar-refractivity contribution < 1.29 is 10.2 Å². The number of rotatable bonds is 5. The average molecular weight is 315 g/mol. The van der Waals surface area contributed by atoms with Gasteiger partial charge in [0.25, 0.3) is 0 Å². The number of aliphatic hydroxyl groups is 2. The number of aliphatic hydroxyl groups excluding tert-OH is 1. The summed E-state index contributed by atoms with van der Waals surface area (Å²) in [5, 5.41) is 26.5. The number of aryl methyl sites for hydroxylation is 2. The van der Waals surface area contributed by atoms with Gasteiger partial charge in [-0.2, -0.15) is 5.10 Å². The summed E-state index contributed by atoms with van der Waals surface area (Å²) in [6.45, 7) is 4.76. The predicted molar refractivity (Wildman–Crippen MR) is 84.7 cm³/mol. The van der Waals surface area contributed by atoms with E-state index >= 15 is 0 Å². The van der Waals surface area contributed by atoms with Gasteiger partial charge in [-0.3, -0.25) is 4.68 Å². The minimum atomic E-state index is -0.977. The maximum Gasteiger partial charge on any atom is 0.0909 e. The van der Waals surface area contributed by atoms with Crippen LogP contribution in [0.5, 0.6) is 0 Å². The summed E-state index contributed by atoms with van der Waals surface area (Å²) in [7, 11) is 0. The van der Waals surface area contributed by atoms with Crippen molar-refractivity contribution in [2.24, 2.45) is 0 Å². The van der Waals surface area contributed by atoms with Gasteiger partial charge in [-0.05, 0) is 26.2 Å². The molecule has 2 rings (SSSR count). The maximum atomic E-state index is 10.8. The zero-order chi connectivity index (χ0) is 15.5. The van der Waals surface area contributed by atoms with Gasteiger partial charge in [-0.15, -0.1) is 0 Å². The number of hydrogen-bond acceptors (Lipinski definition) is 3. The molecule has 1 unspecified atom stereocenters. The highest BCUT2D eigenvalue weighted by atomic mass is 35.5. The van der Waals surface area contributed by atoms with Crippen LogP contribution in [0.4, 0.5) is 0 Å². The molecule has 1 aliphatic carbocycles. The fourth-order valence-corrected chi connectivity index (χ4v) is 3.61. The lowest BCUT2D eigenvalue weighted by molar-refractivity contribution is -0.0843. The van der Waals surface area contributed by atoms with E-state index in [1.165, 1.54) is 0 Å². The maximum absolute atomic E-state index is 10.8. The molecule has 4 nitrogen and oxygen atoms in total. The van der Waals surface area contributed by atoms with E-state index in [0.29, 0.717) is 24.3 Å². The van der Waals surface area contributed by atoms with Gasteiger partial charge < -0.3 is 10.2 Å². The SMILES string of the molecule is CCc1nn(CC)c(CC(O)C2(O)CCCCCC2)c1Cl. The van der Waals surface area contributed by atoms with E-state index in [1.807, 2.05) is 18.5 Å². The van der Waals surface area contributed by atoms with Crippen molar-refractivity contribution >= 4 is 11.6 Å². The van der Waals surface area contributed by atoms with Crippen molar-refractivity contribution in [2.45, 2.75) is 83.5 Å². The Balaban J connectivity index is 2.18. The van der Waals surface area contributed by atoms with E-state index < -0.39 is 11.7 Å². The number of nitrogens with zero attached hydrogens (tertiary/aromatic N) is 2. The summed E-state index contributed by atoms with van der Waals surface area (Å²) < 4.78 is 1.85. The summed E-state index contributed by atoms with van der Waals surface area (Å²) in [6.07, 6.45) is 5.96. The first kappa shape index (κ1) is 16.8. The third-order valence-corrected chi connectivity index (χ3v) is 5.11. The highest BCUT2D eigenvalue weighted by Crippen LogP contribution is 2.33. The summed E-state index contributed by atoms with van der Waals surface area (Å²) in [4.78, 5) is 0. The van der Waals surface area contributed by atoms with Crippen LogP contribution >= 0.6 is 11.6 Å². The Morgan fingerprint density at radius 3 is 2.38 bits per heavy atom. The van der Waals surface area contributed by atoms with Crippen LogP contribution < -0.4 is 0 Å². The molecule has 1 aromatic heterocycles. The Morgan fingerprint density at radius 1 is 1.24 bits per heavy atom. The molecule has 1 atom stereocenters. The second kappa shape index (κ2) is 7.12. The number of halogens is 1. The monoisotopic (exact) mass is 314 g/mol. The van der Waals surface area contributed by atoms with Crippen molar-refractivity contribution in [1.29, 1.82) is 0 Å². The molecule has 1 saturated carbocycles. The Kier molecular flexibility index (Phi) is 5.69. The van der Waals surface area contributed by atoms with Crippen molar-refractivity contribution in [1.82, 2.24) is 9.78 Å². The molecule has 0 spiro atoms. The predicted octanol–water partition coefficient (Wildman–Crippen LogP) is 3.11. The molecule has 120 valence electrons. The lowest BCUT2D eigenvalue weighted by atomic mass is 9.86. The first-order valence-corrected chi connectivity index (χ1v) is 8.54. The van der Waals surface area contributed by atoms with Gasteiger partial charge in [0.1, 0.15) is 0 Å². The van der Waals surface area contributed by atoms with Gasteiger partial charge in [-0.25, -0.2) is 0 Å². The molecular formula is C16H27ClN2O2. The van der Waals surface area contributed by atoms with Gasteiger partial charge in [-0.1, -0.05) is 44.2 Å². The van der Waals surface area contributed by atoms with Crippen molar-refractivity contribution in [3.05, 3.63) is 16.4 Å². The fourth-order valence-electron chi connectivity index (χ4n) is 3.26. The molecule has 2 N–H and O–H groups in total. The Bertz CT molecular complexity index is 465. The second-order valence-corrected chi connectivity index (χ2v) is 6.49. The van der Waals surface area contributed by atoms with E-state index in [-0.39, 0.29) is 0 Å². The molecule has 0 saturated heterocycles. The quantitative estimate of drug-likeness (QED) is 0.821. The zero-order valence-electron chi connectivity index (χ0n) is 13.1. The highest BCUT2D eigenvalue weighted by Gasteiger charge is 2.37. The first-order chi connectivity index (χ1) is 10.0. The standard InChI is InChI=1S/C16H27ClN2O2/c1-3-12-15(17)13(19(4-2)18-12)11-14(20)16(21)9-7-5-6-8-10-16/h14,20-21H,3-11H2,1-2H3. The smallest absolute Gasteiger partial charge is 0.0909 e. The molecule has 0 radical (unpaired) electrons. The van der Waals surface area contributed by atoms with E-state index in [9.17, 15) is 10.2 Å². The van der Waals surface area contributed by atoms with Crippen LogP contribution in [-0.4, -0.2) is 31.7 Å². The lowest BCUT2D eigenvalue weighted by Gasteiger charge is -2.32. The molecule has 5 heteroatoms. The fraction of sp³-hybridized carbons (Fsp3) is 0.812. The minimum absolute atomic E-state index is 0.371. The van der Waals surface area contributed by atoms with E-state index in [0.717, 1.165) is 50.0 Å². The molecule has 0 aliphatic heterocycles. The lowest BCUT2D eigenvalue weighted by Crippen LogP contribution is -2.43. The van der Waals surface area contributed by atoms with Gasteiger partial charge in [0, 0.05) is 13.0 Å². The molecule has 1 aliphatic rings. The van der Waals surface area contributed by atoms with E-state index in [2.05, 4.69) is 5.10 Å². The van der Waals surface area contributed by atoms with Gasteiger partial charge >= 0.3 is 0 Å². The highest BCUT2D eigenvalue weighted by molar-refractivity contribution is 6.31. The van der Waals surface area contributed by atoms with E-state index in [4.69, 9.17) is 11.6 Å². The second-order valence-electron chi connectivity index (χ2n) is 6.11. The van der Waals surface area contributed by atoms with Crippen LogP contribution in [0.3, 0.4) is 0 Å². The Morgan fingerprint density at radius 2 is 1.86 bits per heavy atom. The van der Waals surface area contributed by atoms with Crippen molar-refractivity contribution in [3.63, 3.8) is 0 Å². The molecule has 0 amide bonds. The molecular weight excluding hydrogens is 288 g/mol. The molecule has 21 heavy (non-hydrogen) atoms. The van der Waals surface area contributed by atoms with Crippen molar-refractivity contribution in [3.8, 4) is 0 Å². The van der Waals surface area contributed by atoms with Gasteiger partial charge in [0.2, 0.25) is 0 Å². The zero-order valence-corrected chi connectivity index (χ0v) is 13.9. The summed E-state index contributed by atoms with van der Waals surface area (Å²) >= 11 is 6.39. The summed E-state index contributed by atoms with van der Waals surface area (Å²) in [5.74, 6) is 0. The minimum Gasteiger partial charge on any atom is -0.390 e. The third kappa shape index (κ3) is 3.61. The Labute approximate surface area is 132 Å². The molecule has 1 aromatic rings. The third-order valence-electron chi connectivity index (χ3n) is 4.67. The largest absolute Gasteiger partial charge is 0.390 e. The van der Waals surface area contributed by atoms with Crippen molar-refractivity contribution in [2.75, 3.05) is 0 Å². The number of hydrogen-bond donors (Lipinski definition) is 2. The van der Waals surface area contributed by atoms with Crippen LogP contribution in [0.15, 0.2) is 0 Å². The van der Waals surface area contributed by atoms with Gasteiger partial charge in [0.05, 0.1) is 28.1 Å². The number of aromatic nitrogens is 2. The van der Waals surface area contributed by atoms with Crippen LogP contribution in [0.1, 0.15) is 63.8 Å². The topological polar surface area (TPSA) is 58.3 Å². The summed E-state index contributed by atoms with van der Waals surface area (Å²) in [6, 6.07) is 0. The molecule has 1 fully saturated rings. The van der Waals surface area contributed by atoms with Crippen LogP contribution in [0.2, 0.25) is 5.02 Å². The molecule has 0 bridgehead atoms. The normalized spacial score (nSPS) is 20.2. The van der Waals surface area contributed by atoms with E-state index in [1.54, 1.807) is 0 Å². The molecule has 0 aromatic carbocycles. The first-order valence-electron chi connectivity index (χ1n) is 8.16.